The van der Waals surface area contributed by atoms with Crippen molar-refractivity contribution in [2.45, 2.75) is 39.3 Å². The molecule has 1 aromatic heterocycles. The zero-order chi connectivity index (χ0) is 12.5. The van der Waals surface area contributed by atoms with Gasteiger partial charge in [0.25, 0.3) is 0 Å². The molecule has 2 atom stereocenters. The van der Waals surface area contributed by atoms with Gasteiger partial charge in [-0.3, -0.25) is 4.68 Å². The summed E-state index contributed by atoms with van der Waals surface area (Å²) in [7, 11) is 0. The third kappa shape index (κ3) is 3.67. The normalized spacial score (nSPS) is 22.1. The molecule has 3 rings (SSSR count). The summed E-state index contributed by atoms with van der Waals surface area (Å²) in [4.78, 5) is 0. The number of piperidine rings is 1. The molecule has 1 aliphatic rings. The van der Waals surface area contributed by atoms with Gasteiger partial charge >= 0.3 is 29.6 Å². The van der Waals surface area contributed by atoms with Crippen LogP contribution in [0.5, 0.6) is 0 Å². The second kappa shape index (κ2) is 7.65. The Balaban J connectivity index is 0.000001000. The number of aromatic nitrogens is 2. The van der Waals surface area contributed by atoms with Gasteiger partial charge in [-0.1, -0.05) is 21.4 Å². The van der Waals surface area contributed by atoms with Crippen LogP contribution in [-0.4, -0.2) is 24.7 Å². The molecular formula is C15H25BN3Na. The molecule has 1 fully saturated rings. The molecule has 3 nitrogen and oxygen atoms in total. The maximum Gasteiger partial charge on any atom is 1.00 e. The van der Waals surface area contributed by atoms with Crippen LogP contribution in [-0.2, 0) is 6.54 Å². The van der Waals surface area contributed by atoms with E-state index in [2.05, 4.69) is 48.7 Å². The van der Waals surface area contributed by atoms with Gasteiger partial charge in [0.2, 0.25) is 0 Å². The molecule has 1 N–H and O–H groups in total. The third-order valence-electron chi connectivity index (χ3n) is 3.96. The van der Waals surface area contributed by atoms with Crippen LogP contribution in [0.1, 0.15) is 38.3 Å². The summed E-state index contributed by atoms with van der Waals surface area (Å²) in [6.07, 6.45) is 4.71. The zero-order valence-corrected chi connectivity index (χ0v) is 14.2. The number of aryl methyl sites for hydroxylation is 1. The second-order valence-electron chi connectivity index (χ2n) is 5.45. The van der Waals surface area contributed by atoms with Crippen LogP contribution in [0.4, 0.5) is 0 Å². The molecule has 2 unspecified atom stereocenters. The van der Waals surface area contributed by atoms with Crippen LogP contribution >= 0.6 is 0 Å². The summed E-state index contributed by atoms with van der Waals surface area (Å²) in [5.74, 6) is 0.813. The van der Waals surface area contributed by atoms with E-state index in [4.69, 9.17) is 0 Å². The van der Waals surface area contributed by atoms with E-state index in [1.807, 2.05) is 4.68 Å². The van der Waals surface area contributed by atoms with Crippen LogP contribution < -0.4 is 34.9 Å². The third-order valence-corrected chi connectivity index (χ3v) is 3.96. The molecular weight excluding hydrogens is 256 g/mol. The number of benzene rings is 1. The number of fused-ring (bicyclic) bond motifs is 1. The Bertz CT molecular complexity index is 547. The Morgan fingerprint density at radius 2 is 2.15 bits per heavy atom. The van der Waals surface area contributed by atoms with E-state index in [9.17, 15) is 0 Å². The van der Waals surface area contributed by atoms with E-state index in [0.717, 1.165) is 24.5 Å². The van der Waals surface area contributed by atoms with Crippen molar-refractivity contribution < 1.29 is 29.6 Å². The van der Waals surface area contributed by atoms with Crippen molar-refractivity contribution in [1.82, 2.24) is 15.1 Å². The van der Waals surface area contributed by atoms with Crippen molar-refractivity contribution in [3.05, 3.63) is 30.0 Å². The topological polar surface area (TPSA) is 29.9 Å². The molecule has 1 saturated heterocycles. The van der Waals surface area contributed by atoms with Crippen LogP contribution in [0, 0.1) is 5.92 Å². The Morgan fingerprint density at radius 3 is 2.80 bits per heavy atom. The standard InChI is InChI=1S/C15H21N3.BH4.Na/c1-3-18-10-13-8-12(5-7-15(13)17-18)14-6-4-11(2)9-16-14;;/h5,7-8,10-11,14,16H,3-4,6,9H2,1-2H3;1H4;/q;-1;+1. The minimum Gasteiger partial charge on any atom is -0.310 e. The molecule has 1 aromatic carbocycles. The zero-order valence-electron chi connectivity index (χ0n) is 12.2. The number of hydrogen-bond acceptors (Lipinski definition) is 2. The fourth-order valence-corrected chi connectivity index (χ4v) is 2.76. The largest absolute Gasteiger partial charge is 1.00 e. The summed E-state index contributed by atoms with van der Waals surface area (Å²) in [6, 6.07) is 7.19. The van der Waals surface area contributed by atoms with Crippen LogP contribution in [0.3, 0.4) is 0 Å². The number of rotatable bonds is 2. The summed E-state index contributed by atoms with van der Waals surface area (Å²) < 4.78 is 2.00. The Morgan fingerprint density at radius 1 is 1.35 bits per heavy atom. The first-order valence-electron chi connectivity index (χ1n) is 6.96. The van der Waals surface area contributed by atoms with Crippen LogP contribution in [0.25, 0.3) is 10.9 Å². The molecule has 5 heteroatoms. The minimum atomic E-state index is 0. The van der Waals surface area contributed by atoms with Gasteiger partial charge in [-0.25, -0.2) is 0 Å². The first kappa shape index (κ1) is 17.8. The fourth-order valence-electron chi connectivity index (χ4n) is 2.76. The van der Waals surface area contributed by atoms with Crippen molar-refractivity contribution in [2.24, 2.45) is 5.92 Å². The molecule has 20 heavy (non-hydrogen) atoms. The van der Waals surface area contributed by atoms with Gasteiger partial charge in [0.15, 0.2) is 0 Å². The molecule has 2 aromatic rings. The molecule has 0 saturated carbocycles. The van der Waals surface area contributed by atoms with Crippen LogP contribution in [0.2, 0.25) is 0 Å². The van der Waals surface area contributed by atoms with Crippen LogP contribution in [0.15, 0.2) is 24.4 Å². The van der Waals surface area contributed by atoms with Gasteiger partial charge < -0.3 is 5.32 Å². The number of hydrogen-bond donors (Lipinski definition) is 1. The maximum absolute atomic E-state index is 4.53. The van der Waals surface area contributed by atoms with Gasteiger partial charge in [0.05, 0.1) is 5.52 Å². The minimum absolute atomic E-state index is 0. The van der Waals surface area contributed by atoms with Crippen molar-refractivity contribution >= 4 is 19.3 Å². The molecule has 0 radical (unpaired) electrons. The first-order chi connectivity index (χ1) is 8.76. The van der Waals surface area contributed by atoms with Crippen molar-refractivity contribution in [1.29, 1.82) is 0 Å². The molecule has 0 bridgehead atoms. The Labute approximate surface area is 145 Å². The van der Waals surface area contributed by atoms with Gasteiger partial charge in [0, 0.05) is 24.2 Å². The fraction of sp³-hybridized carbons (Fsp3) is 0.533. The van der Waals surface area contributed by atoms with E-state index in [1.54, 1.807) is 0 Å². The second-order valence-corrected chi connectivity index (χ2v) is 5.45. The van der Waals surface area contributed by atoms with Gasteiger partial charge in [-0.2, -0.15) is 5.10 Å². The predicted molar refractivity (Wildman–Crippen MR) is 85.9 cm³/mol. The van der Waals surface area contributed by atoms with Gasteiger partial charge in [-0.05, 0) is 49.9 Å². The molecule has 2 heterocycles. The quantitative estimate of drug-likeness (QED) is 0.691. The molecule has 0 aliphatic carbocycles. The average Bonchev–Trinajstić information content (AvgIpc) is 2.81. The van der Waals surface area contributed by atoms with E-state index in [0.29, 0.717) is 6.04 Å². The summed E-state index contributed by atoms with van der Waals surface area (Å²) >= 11 is 0. The summed E-state index contributed by atoms with van der Waals surface area (Å²) in [5.41, 5.74) is 2.51. The number of nitrogens with one attached hydrogen (secondary N) is 1. The smallest absolute Gasteiger partial charge is 0.310 e. The first-order valence-corrected chi connectivity index (χ1v) is 6.96. The van der Waals surface area contributed by atoms with Crippen molar-refractivity contribution in [2.75, 3.05) is 6.54 Å². The van der Waals surface area contributed by atoms with E-state index >= 15 is 0 Å². The van der Waals surface area contributed by atoms with Crippen molar-refractivity contribution in [3.8, 4) is 0 Å². The van der Waals surface area contributed by atoms with E-state index < -0.39 is 0 Å². The van der Waals surface area contributed by atoms with E-state index in [1.165, 1.54) is 23.8 Å². The Hall–Kier alpha value is -0.285. The monoisotopic (exact) mass is 281 g/mol. The molecule has 0 spiro atoms. The molecule has 104 valence electrons. The average molecular weight is 281 g/mol. The SMILES string of the molecule is CCn1cc2cc(C3CCC(C)CN3)ccc2n1.[BH4-].[Na+]. The van der Waals surface area contributed by atoms with Crippen molar-refractivity contribution in [3.63, 3.8) is 0 Å². The van der Waals surface area contributed by atoms with E-state index in [-0.39, 0.29) is 38.0 Å². The maximum atomic E-state index is 4.53. The van der Waals surface area contributed by atoms with Gasteiger partial charge in [0.1, 0.15) is 0 Å². The molecule has 0 amide bonds. The summed E-state index contributed by atoms with van der Waals surface area (Å²) in [6.45, 7) is 6.51. The number of nitrogens with zero attached hydrogens (tertiary/aromatic N) is 2. The molecule has 1 aliphatic heterocycles. The van der Waals surface area contributed by atoms with Gasteiger partial charge in [-0.15, -0.1) is 0 Å². The predicted octanol–water partition coefficient (Wildman–Crippen LogP) is -1.33. The summed E-state index contributed by atoms with van der Waals surface area (Å²) in [5, 5.41) is 9.43. The Kier molecular flexibility index (Phi) is 6.79.